The van der Waals surface area contributed by atoms with Gasteiger partial charge in [-0.1, -0.05) is 5.16 Å². The van der Waals surface area contributed by atoms with Crippen LogP contribution in [0.5, 0.6) is 11.5 Å². The second kappa shape index (κ2) is 8.05. The van der Waals surface area contributed by atoms with Gasteiger partial charge in [0.05, 0.1) is 18.9 Å². The smallest absolute Gasteiger partial charge is 0.269 e. The van der Waals surface area contributed by atoms with Crippen LogP contribution in [0.1, 0.15) is 57.4 Å². The van der Waals surface area contributed by atoms with Gasteiger partial charge in [0.15, 0.2) is 11.5 Å². The lowest BCUT2D eigenvalue weighted by molar-refractivity contribution is -0.154. The first kappa shape index (κ1) is 19.7. The Morgan fingerprint density at radius 2 is 1.93 bits per heavy atom. The summed E-state index contributed by atoms with van der Waals surface area (Å²) in [7, 11) is 1.63. The van der Waals surface area contributed by atoms with Crippen molar-refractivity contribution in [1.82, 2.24) is 4.90 Å². The zero-order valence-corrected chi connectivity index (χ0v) is 17.1. The maximum atomic E-state index is 13.0. The number of hydrogen-bond donors (Lipinski definition) is 0. The molecule has 3 aliphatic rings. The first-order valence-corrected chi connectivity index (χ1v) is 10.4. The molecule has 1 saturated carbocycles. The molecule has 1 aromatic rings. The fourth-order valence-electron chi connectivity index (χ4n) is 4.24. The summed E-state index contributed by atoms with van der Waals surface area (Å²) >= 11 is 0. The number of carbonyl (C=O) groups is 2. The molecule has 2 aliphatic heterocycles. The summed E-state index contributed by atoms with van der Waals surface area (Å²) in [4.78, 5) is 31.8. The maximum Gasteiger partial charge on any atom is 0.269 e. The van der Waals surface area contributed by atoms with E-state index in [9.17, 15) is 9.59 Å². The van der Waals surface area contributed by atoms with E-state index < -0.39 is 5.60 Å². The maximum absolute atomic E-state index is 13.0. The van der Waals surface area contributed by atoms with E-state index in [1.807, 2.05) is 18.2 Å². The highest BCUT2D eigenvalue weighted by atomic mass is 16.7. The Balaban J connectivity index is 1.47. The summed E-state index contributed by atoms with van der Waals surface area (Å²) in [5.74, 6) is 1.49. The van der Waals surface area contributed by atoms with Crippen LogP contribution in [-0.4, -0.2) is 54.2 Å². The summed E-state index contributed by atoms with van der Waals surface area (Å²) in [5, 5.41) is 4.22. The molecule has 2 heterocycles. The van der Waals surface area contributed by atoms with Crippen molar-refractivity contribution in [2.24, 2.45) is 5.16 Å². The van der Waals surface area contributed by atoms with Gasteiger partial charge in [-0.3, -0.25) is 9.59 Å². The minimum atomic E-state index is -1.04. The van der Waals surface area contributed by atoms with Crippen molar-refractivity contribution in [2.75, 3.05) is 20.2 Å². The second-order valence-electron chi connectivity index (χ2n) is 8.26. The van der Waals surface area contributed by atoms with Crippen LogP contribution in [0.25, 0.3) is 0 Å². The lowest BCUT2D eigenvalue weighted by Gasteiger charge is -2.32. The minimum Gasteiger partial charge on any atom is -0.493 e. The Morgan fingerprint density at radius 3 is 2.62 bits per heavy atom. The molecule has 0 bridgehead atoms. The van der Waals surface area contributed by atoms with Gasteiger partial charge in [-0.15, -0.1) is 0 Å². The van der Waals surface area contributed by atoms with Crippen molar-refractivity contribution >= 4 is 17.4 Å². The summed E-state index contributed by atoms with van der Waals surface area (Å²) in [6.07, 6.45) is 5.92. The molecule has 0 N–H and O–H groups in total. The number of amides is 1. The van der Waals surface area contributed by atoms with Crippen LogP contribution < -0.4 is 9.47 Å². The summed E-state index contributed by atoms with van der Waals surface area (Å²) in [6, 6.07) is 5.71. The molecule has 1 amide bonds. The molecule has 1 aromatic carbocycles. The lowest BCUT2D eigenvalue weighted by atomic mass is 9.93. The first-order valence-electron chi connectivity index (χ1n) is 10.4. The van der Waals surface area contributed by atoms with E-state index in [0.717, 1.165) is 18.4 Å². The molecule has 7 nitrogen and oxygen atoms in total. The van der Waals surface area contributed by atoms with E-state index in [0.29, 0.717) is 49.6 Å². The Morgan fingerprint density at radius 1 is 1.21 bits per heavy atom. The number of oxime groups is 1. The number of likely N-dealkylation sites (tertiary alicyclic amines) is 1. The van der Waals surface area contributed by atoms with E-state index in [4.69, 9.17) is 14.3 Å². The van der Waals surface area contributed by atoms with Crippen LogP contribution in [0.3, 0.4) is 0 Å². The summed E-state index contributed by atoms with van der Waals surface area (Å²) < 4.78 is 11.6. The minimum absolute atomic E-state index is 0.111. The van der Waals surface area contributed by atoms with E-state index in [1.165, 1.54) is 12.8 Å². The quantitative estimate of drug-likeness (QED) is 0.759. The largest absolute Gasteiger partial charge is 0.493 e. The standard InChI is InChI=1S/C22H28N2O5/c1-22(21(26)24-11-9-16(25)10-12-24)14-18(23-29-22)15-7-8-19(27-2)20(13-15)28-17-5-3-4-6-17/h7-8,13,17H,3-6,9-12,14H2,1-2H3. The van der Waals surface area contributed by atoms with Crippen molar-refractivity contribution < 1.29 is 23.9 Å². The van der Waals surface area contributed by atoms with Crippen LogP contribution in [-0.2, 0) is 14.4 Å². The van der Waals surface area contributed by atoms with Crippen LogP contribution in [0, 0.1) is 0 Å². The number of methoxy groups -OCH3 is 1. The predicted molar refractivity (Wildman–Crippen MR) is 107 cm³/mol. The molecular weight excluding hydrogens is 372 g/mol. The fourth-order valence-corrected chi connectivity index (χ4v) is 4.24. The molecule has 4 rings (SSSR count). The number of benzene rings is 1. The normalized spacial score (nSPS) is 25.0. The SMILES string of the molecule is COc1ccc(C2=NOC(C)(C(=O)N3CCC(=O)CC3)C2)cc1OC1CCCC1. The molecule has 29 heavy (non-hydrogen) atoms. The van der Waals surface area contributed by atoms with E-state index >= 15 is 0 Å². The summed E-state index contributed by atoms with van der Waals surface area (Å²) in [6.45, 7) is 2.67. The molecule has 156 valence electrons. The van der Waals surface area contributed by atoms with E-state index in [-0.39, 0.29) is 17.8 Å². The van der Waals surface area contributed by atoms with Gasteiger partial charge in [0, 0.05) is 37.9 Å². The third kappa shape index (κ3) is 4.09. The average Bonchev–Trinajstić information content (AvgIpc) is 3.38. The summed E-state index contributed by atoms with van der Waals surface area (Å²) in [5.41, 5.74) is 0.541. The molecule has 0 radical (unpaired) electrons. The van der Waals surface area contributed by atoms with Gasteiger partial charge < -0.3 is 19.2 Å². The Kier molecular flexibility index (Phi) is 5.48. The first-order chi connectivity index (χ1) is 14.0. The van der Waals surface area contributed by atoms with Gasteiger partial charge in [-0.05, 0) is 50.8 Å². The molecule has 1 unspecified atom stereocenters. The lowest BCUT2D eigenvalue weighted by Crippen LogP contribution is -2.50. The van der Waals surface area contributed by atoms with Gasteiger partial charge in [0.2, 0.25) is 5.60 Å². The Hall–Kier alpha value is -2.57. The molecule has 1 saturated heterocycles. The van der Waals surface area contributed by atoms with Gasteiger partial charge in [-0.25, -0.2) is 0 Å². The number of hydrogen-bond acceptors (Lipinski definition) is 6. The fraction of sp³-hybridized carbons (Fsp3) is 0.591. The van der Waals surface area contributed by atoms with Crippen molar-refractivity contribution in [2.45, 2.75) is 63.6 Å². The third-order valence-electron chi connectivity index (χ3n) is 6.02. The van der Waals surface area contributed by atoms with E-state index in [1.54, 1.807) is 18.9 Å². The van der Waals surface area contributed by atoms with Crippen LogP contribution >= 0.6 is 0 Å². The van der Waals surface area contributed by atoms with Crippen molar-refractivity contribution in [3.05, 3.63) is 23.8 Å². The highest BCUT2D eigenvalue weighted by Gasteiger charge is 2.45. The number of carbonyl (C=O) groups excluding carboxylic acids is 2. The number of ether oxygens (including phenoxy) is 2. The highest BCUT2D eigenvalue weighted by Crippen LogP contribution is 2.35. The highest BCUT2D eigenvalue weighted by molar-refractivity contribution is 6.05. The van der Waals surface area contributed by atoms with Crippen molar-refractivity contribution in [1.29, 1.82) is 0 Å². The van der Waals surface area contributed by atoms with E-state index in [2.05, 4.69) is 5.16 Å². The number of rotatable bonds is 5. The number of ketones is 1. The van der Waals surface area contributed by atoms with Crippen LogP contribution in [0.4, 0.5) is 0 Å². The number of nitrogens with zero attached hydrogens (tertiary/aromatic N) is 2. The van der Waals surface area contributed by atoms with Crippen LogP contribution in [0.15, 0.2) is 23.4 Å². The predicted octanol–water partition coefficient (Wildman–Crippen LogP) is 3.09. The molecule has 2 fully saturated rings. The molecule has 1 aliphatic carbocycles. The van der Waals surface area contributed by atoms with Gasteiger partial charge in [0.25, 0.3) is 5.91 Å². The Labute approximate surface area is 171 Å². The molecule has 7 heteroatoms. The molecular formula is C22H28N2O5. The number of Topliss-reactive ketones (excluding diaryl/α,β-unsaturated/α-hetero) is 1. The molecule has 0 spiro atoms. The van der Waals surface area contributed by atoms with Crippen molar-refractivity contribution in [3.8, 4) is 11.5 Å². The topological polar surface area (TPSA) is 77.4 Å². The molecule has 1 atom stereocenters. The average molecular weight is 400 g/mol. The molecule has 0 aromatic heterocycles. The van der Waals surface area contributed by atoms with Gasteiger partial charge >= 0.3 is 0 Å². The zero-order chi connectivity index (χ0) is 20.4. The monoisotopic (exact) mass is 400 g/mol. The zero-order valence-electron chi connectivity index (χ0n) is 17.1. The third-order valence-corrected chi connectivity index (χ3v) is 6.02. The van der Waals surface area contributed by atoms with Gasteiger partial charge in [-0.2, -0.15) is 0 Å². The van der Waals surface area contributed by atoms with Crippen molar-refractivity contribution in [3.63, 3.8) is 0 Å². The van der Waals surface area contributed by atoms with Gasteiger partial charge in [0.1, 0.15) is 5.78 Å². The van der Waals surface area contributed by atoms with Crippen LogP contribution in [0.2, 0.25) is 0 Å². The number of piperidine rings is 1. The Bertz CT molecular complexity index is 820. The second-order valence-corrected chi connectivity index (χ2v) is 8.26.